The second-order valence-electron chi connectivity index (χ2n) is 6.70. The molecule has 28 heavy (non-hydrogen) atoms. The van der Waals surface area contributed by atoms with Gasteiger partial charge in [0.25, 0.3) is 17.7 Å². The second kappa shape index (κ2) is 10.1. The highest BCUT2D eigenvalue weighted by Gasteiger charge is 2.24. The number of aryl methyl sites for hydroxylation is 1. The lowest BCUT2D eigenvalue weighted by Crippen LogP contribution is -2.55. The van der Waals surface area contributed by atoms with Crippen LogP contribution >= 0.6 is 0 Å². The van der Waals surface area contributed by atoms with Crippen LogP contribution in [-0.4, -0.2) is 30.4 Å². The van der Waals surface area contributed by atoms with E-state index >= 15 is 0 Å². The summed E-state index contributed by atoms with van der Waals surface area (Å²) in [4.78, 5) is 36.6. The zero-order chi connectivity index (χ0) is 20.5. The van der Waals surface area contributed by atoms with Gasteiger partial charge in [-0.25, -0.2) is 0 Å². The number of hydrogen-bond acceptors (Lipinski definition) is 4. The minimum Gasteiger partial charge on any atom is -0.484 e. The minimum atomic E-state index is -0.815. The Hall–Kier alpha value is -3.35. The predicted octanol–water partition coefficient (Wildman–Crippen LogP) is 1.98. The first-order valence-corrected chi connectivity index (χ1v) is 9.01. The molecule has 7 heteroatoms. The SMILES string of the molecule is Cc1ccc(C(=O)NNC(=O)[C@@H](NC(=O)COc2ccccc2)C(C)C)cc1. The number of para-hydroxylation sites is 1. The molecule has 3 N–H and O–H groups in total. The number of amides is 3. The highest BCUT2D eigenvalue weighted by molar-refractivity contribution is 5.96. The Morgan fingerprint density at radius 3 is 2.18 bits per heavy atom. The molecule has 2 rings (SSSR count). The van der Waals surface area contributed by atoms with Crippen LogP contribution in [0.25, 0.3) is 0 Å². The number of hydrogen-bond donors (Lipinski definition) is 3. The molecule has 0 aliphatic rings. The van der Waals surface area contributed by atoms with E-state index in [9.17, 15) is 14.4 Å². The van der Waals surface area contributed by atoms with Gasteiger partial charge in [-0.1, -0.05) is 49.7 Å². The van der Waals surface area contributed by atoms with Crippen molar-refractivity contribution in [2.75, 3.05) is 6.61 Å². The molecule has 0 unspecified atom stereocenters. The van der Waals surface area contributed by atoms with Crippen LogP contribution in [0.1, 0.15) is 29.8 Å². The first-order valence-electron chi connectivity index (χ1n) is 9.01. The summed E-state index contributed by atoms with van der Waals surface area (Å²) in [6, 6.07) is 15.0. The van der Waals surface area contributed by atoms with Crippen LogP contribution in [0.5, 0.6) is 5.75 Å². The third-order valence-corrected chi connectivity index (χ3v) is 3.99. The summed E-state index contributed by atoms with van der Waals surface area (Å²) >= 11 is 0. The lowest BCUT2D eigenvalue weighted by Gasteiger charge is -2.22. The molecule has 0 bridgehead atoms. The van der Waals surface area contributed by atoms with E-state index in [0.29, 0.717) is 11.3 Å². The van der Waals surface area contributed by atoms with Crippen molar-refractivity contribution in [1.29, 1.82) is 0 Å². The molecule has 3 amide bonds. The third-order valence-electron chi connectivity index (χ3n) is 3.99. The Balaban J connectivity index is 1.85. The van der Waals surface area contributed by atoms with Gasteiger partial charge in [-0.3, -0.25) is 25.2 Å². The molecule has 2 aromatic rings. The summed E-state index contributed by atoms with van der Waals surface area (Å²) in [7, 11) is 0. The van der Waals surface area contributed by atoms with Crippen molar-refractivity contribution in [3.05, 3.63) is 65.7 Å². The summed E-state index contributed by atoms with van der Waals surface area (Å²) in [6.07, 6.45) is 0. The first kappa shape index (κ1) is 21.0. The first-order chi connectivity index (χ1) is 13.4. The molecule has 0 fully saturated rings. The van der Waals surface area contributed by atoms with Crippen LogP contribution in [0, 0.1) is 12.8 Å². The average Bonchev–Trinajstić information content (AvgIpc) is 2.69. The van der Waals surface area contributed by atoms with Gasteiger partial charge in [0.15, 0.2) is 6.61 Å². The van der Waals surface area contributed by atoms with Crippen LogP contribution in [0.2, 0.25) is 0 Å². The molecular formula is C21H25N3O4. The van der Waals surface area contributed by atoms with Crippen molar-refractivity contribution in [2.45, 2.75) is 26.8 Å². The van der Waals surface area contributed by atoms with E-state index in [-0.39, 0.29) is 12.5 Å². The molecule has 7 nitrogen and oxygen atoms in total. The number of nitrogens with one attached hydrogen (secondary N) is 3. The summed E-state index contributed by atoms with van der Waals surface area (Å²) in [6.45, 7) is 5.30. The van der Waals surface area contributed by atoms with E-state index in [2.05, 4.69) is 16.2 Å². The topological polar surface area (TPSA) is 96.5 Å². The van der Waals surface area contributed by atoms with Gasteiger partial charge in [-0.15, -0.1) is 0 Å². The van der Waals surface area contributed by atoms with Crippen LogP contribution < -0.4 is 20.9 Å². The second-order valence-corrected chi connectivity index (χ2v) is 6.70. The van der Waals surface area contributed by atoms with Gasteiger partial charge < -0.3 is 10.1 Å². The number of carbonyl (C=O) groups excluding carboxylic acids is 3. The normalized spacial score (nSPS) is 11.4. The van der Waals surface area contributed by atoms with Crippen molar-refractivity contribution >= 4 is 17.7 Å². The molecule has 0 spiro atoms. The van der Waals surface area contributed by atoms with Gasteiger partial charge in [0, 0.05) is 5.56 Å². The largest absolute Gasteiger partial charge is 0.484 e. The Kier molecular flexibility index (Phi) is 7.56. The molecule has 148 valence electrons. The van der Waals surface area contributed by atoms with Crippen molar-refractivity contribution in [3.8, 4) is 5.75 Å². The highest BCUT2D eigenvalue weighted by Crippen LogP contribution is 2.08. The number of hydrazine groups is 1. The molecule has 0 saturated heterocycles. The van der Waals surface area contributed by atoms with Crippen LogP contribution in [0.4, 0.5) is 0 Å². The van der Waals surface area contributed by atoms with Crippen molar-refractivity contribution in [3.63, 3.8) is 0 Å². The van der Waals surface area contributed by atoms with Gasteiger partial charge in [0.1, 0.15) is 11.8 Å². The molecule has 0 aliphatic heterocycles. The van der Waals surface area contributed by atoms with Crippen molar-refractivity contribution in [2.24, 2.45) is 5.92 Å². The molecular weight excluding hydrogens is 358 g/mol. The van der Waals surface area contributed by atoms with E-state index in [4.69, 9.17) is 4.74 Å². The predicted molar refractivity (Wildman–Crippen MR) is 105 cm³/mol. The summed E-state index contributed by atoms with van der Waals surface area (Å²) in [5, 5.41) is 2.63. The van der Waals surface area contributed by atoms with Gasteiger partial charge in [-0.2, -0.15) is 0 Å². The number of ether oxygens (including phenoxy) is 1. The van der Waals surface area contributed by atoms with Crippen molar-refractivity contribution < 1.29 is 19.1 Å². The van der Waals surface area contributed by atoms with Crippen LogP contribution in [0.15, 0.2) is 54.6 Å². The van der Waals surface area contributed by atoms with Gasteiger partial charge >= 0.3 is 0 Å². The fraction of sp³-hybridized carbons (Fsp3) is 0.286. The third kappa shape index (κ3) is 6.42. The lowest BCUT2D eigenvalue weighted by atomic mass is 10.0. The number of rotatable bonds is 7. The maximum Gasteiger partial charge on any atom is 0.269 e. The lowest BCUT2D eigenvalue weighted by molar-refractivity contribution is -0.131. The number of benzene rings is 2. The molecule has 1 atom stereocenters. The van der Waals surface area contributed by atoms with E-state index in [1.807, 2.05) is 13.0 Å². The molecule has 0 radical (unpaired) electrons. The molecule has 0 saturated carbocycles. The van der Waals surface area contributed by atoms with E-state index < -0.39 is 23.8 Å². The molecule has 0 heterocycles. The summed E-state index contributed by atoms with van der Waals surface area (Å²) in [5.41, 5.74) is 6.18. The maximum absolute atomic E-state index is 12.4. The summed E-state index contributed by atoms with van der Waals surface area (Å²) in [5.74, 6) is -0.994. The summed E-state index contributed by atoms with van der Waals surface area (Å²) < 4.78 is 5.38. The van der Waals surface area contributed by atoms with E-state index in [1.54, 1.807) is 62.4 Å². The van der Waals surface area contributed by atoms with Gasteiger partial charge in [-0.05, 0) is 37.1 Å². The fourth-order valence-electron chi connectivity index (χ4n) is 2.39. The maximum atomic E-state index is 12.4. The zero-order valence-electron chi connectivity index (χ0n) is 16.2. The van der Waals surface area contributed by atoms with Crippen LogP contribution in [-0.2, 0) is 9.59 Å². The van der Waals surface area contributed by atoms with Gasteiger partial charge in [0.05, 0.1) is 0 Å². The molecule has 0 aromatic heterocycles. The Bertz CT molecular complexity index is 804. The van der Waals surface area contributed by atoms with Gasteiger partial charge in [0.2, 0.25) is 0 Å². The van der Waals surface area contributed by atoms with E-state index in [1.165, 1.54) is 0 Å². The van der Waals surface area contributed by atoms with Crippen molar-refractivity contribution in [1.82, 2.24) is 16.2 Å². The minimum absolute atomic E-state index is 0.183. The Morgan fingerprint density at radius 1 is 0.929 bits per heavy atom. The Labute approximate surface area is 164 Å². The van der Waals surface area contributed by atoms with E-state index in [0.717, 1.165) is 5.56 Å². The Morgan fingerprint density at radius 2 is 1.57 bits per heavy atom. The molecule has 0 aliphatic carbocycles. The fourth-order valence-corrected chi connectivity index (χ4v) is 2.39. The number of carbonyl (C=O) groups is 3. The average molecular weight is 383 g/mol. The smallest absolute Gasteiger partial charge is 0.269 e. The van der Waals surface area contributed by atoms with Crippen LogP contribution in [0.3, 0.4) is 0 Å². The zero-order valence-corrected chi connectivity index (χ0v) is 16.2. The highest BCUT2D eigenvalue weighted by atomic mass is 16.5. The quantitative estimate of drug-likeness (QED) is 0.637. The standard InChI is InChI=1S/C21H25N3O4/c1-14(2)19(22-18(25)13-28-17-7-5-4-6-8-17)21(27)24-23-20(26)16-11-9-15(3)10-12-16/h4-12,14,19H,13H2,1-3H3,(H,22,25)(H,23,26)(H,24,27)/t19-/m0/s1. The molecule has 2 aromatic carbocycles. The monoisotopic (exact) mass is 383 g/mol.